The summed E-state index contributed by atoms with van der Waals surface area (Å²) in [5.41, 5.74) is 3.51. The van der Waals surface area contributed by atoms with Crippen molar-refractivity contribution < 1.29 is 30.1 Å². The number of aromatic nitrogens is 2. The summed E-state index contributed by atoms with van der Waals surface area (Å²) < 4.78 is 74.2. The summed E-state index contributed by atoms with van der Waals surface area (Å²) in [6.07, 6.45) is -4.56. The lowest BCUT2D eigenvalue weighted by Gasteiger charge is -2.29. The Bertz CT molecular complexity index is 1630. The summed E-state index contributed by atoms with van der Waals surface area (Å²) in [4.78, 5) is 40.7. The molecule has 0 unspecified atom stereocenters. The van der Waals surface area contributed by atoms with Crippen LogP contribution in [0.25, 0.3) is 5.69 Å². The number of amides is 3. The van der Waals surface area contributed by atoms with E-state index in [1.54, 1.807) is 12.1 Å². The van der Waals surface area contributed by atoms with Crippen LogP contribution < -0.4 is 20.3 Å². The summed E-state index contributed by atoms with van der Waals surface area (Å²) >= 11 is 0. The summed E-state index contributed by atoms with van der Waals surface area (Å²) in [6, 6.07) is 3.27. The van der Waals surface area contributed by atoms with Gasteiger partial charge < -0.3 is 20.3 Å². The summed E-state index contributed by atoms with van der Waals surface area (Å²) in [7, 11) is 1.45. The Morgan fingerprint density at radius 2 is 1.68 bits per heavy atom. The van der Waals surface area contributed by atoms with Crippen LogP contribution in [0.5, 0.6) is 5.75 Å². The maximum atomic E-state index is 14.0. The molecule has 0 saturated carbocycles. The van der Waals surface area contributed by atoms with E-state index in [0.717, 1.165) is 14.5 Å². The highest BCUT2D eigenvalue weighted by atomic mass is 16.5. The average Bonchev–Trinajstić information content (AvgIpc) is 3.36. The van der Waals surface area contributed by atoms with Crippen molar-refractivity contribution in [2.75, 3.05) is 30.0 Å². The predicted octanol–water partition coefficient (Wildman–Crippen LogP) is 2.70. The second-order valence-corrected chi connectivity index (χ2v) is 7.55. The molecule has 3 heterocycles. The average molecular weight is 468 g/mol. The lowest BCUT2D eigenvalue weighted by Crippen LogP contribution is -2.39. The van der Waals surface area contributed by atoms with Crippen molar-refractivity contribution in [3.8, 4) is 11.4 Å². The molecule has 2 aliphatic heterocycles. The molecule has 174 valence electrons. The van der Waals surface area contributed by atoms with E-state index in [2.05, 4.69) is 5.10 Å². The lowest BCUT2D eigenvalue weighted by atomic mass is 10.0. The number of rotatable bonds is 5. The van der Waals surface area contributed by atoms with Gasteiger partial charge in [0.2, 0.25) is 5.91 Å². The zero-order chi connectivity index (χ0) is 30.9. The monoisotopic (exact) mass is 467 g/mol. The maximum Gasteiger partial charge on any atom is 0.277 e. The highest BCUT2D eigenvalue weighted by Crippen LogP contribution is 2.31. The van der Waals surface area contributed by atoms with Crippen LogP contribution in [-0.4, -0.2) is 47.7 Å². The number of hydrogen-bond donors (Lipinski definition) is 1. The van der Waals surface area contributed by atoms with Crippen molar-refractivity contribution in [2.24, 2.45) is 5.73 Å². The highest BCUT2D eigenvalue weighted by Gasteiger charge is 2.34. The van der Waals surface area contributed by atoms with Crippen molar-refractivity contribution in [1.82, 2.24) is 9.78 Å². The highest BCUT2D eigenvalue weighted by molar-refractivity contribution is 6.09. The Morgan fingerprint density at radius 3 is 2.32 bits per heavy atom. The SMILES string of the molecule is [2H]c1c([2H])c(N2CCCC([2H])([2H])C2=O)c([2H])c([2H])c1N1CC([2H])([2H])c2c(C(N)=O)nn(-c3ccc(OC)cc3)c2C1=O. The Hall–Kier alpha value is -4.14. The third kappa shape index (κ3) is 3.68. The van der Waals surface area contributed by atoms with Gasteiger partial charge in [-0.05, 0) is 67.6 Å². The first-order chi connectivity index (χ1) is 19.6. The summed E-state index contributed by atoms with van der Waals surface area (Å²) in [5.74, 6) is -2.57. The van der Waals surface area contributed by atoms with Gasteiger partial charge in [0, 0.05) is 41.9 Å². The number of methoxy groups -OCH3 is 1. The zero-order valence-corrected chi connectivity index (χ0v) is 18.1. The van der Waals surface area contributed by atoms with Crippen molar-refractivity contribution >= 4 is 29.1 Å². The number of fused-ring (bicyclic) bond motifs is 1. The Labute approximate surface area is 207 Å². The molecule has 34 heavy (non-hydrogen) atoms. The van der Waals surface area contributed by atoms with Gasteiger partial charge in [-0.15, -0.1) is 0 Å². The van der Waals surface area contributed by atoms with E-state index < -0.39 is 83.9 Å². The van der Waals surface area contributed by atoms with Crippen LogP contribution in [0.2, 0.25) is 0 Å². The van der Waals surface area contributed by atoms with Gasteiger partial charge in [-0.2, -0.15) is 5.10 Å². The first-order valence-corrected chi connectivity index (χ1v) is 10.4. The second kappa shape index (κ2) is 8.66. The molecule has 0 aliphatic carbocycles. The van der Waals surface area contributed by atoms with E-state index in [9.17, 15) is 14.4 Å². The van der Waals surface area contributed by atoms with Gasteiger partial charge in [0.15, 0.2) is 5.69 Å². The normalized spacial score (nSPS) is 22.3. The molecule has 2 aromatic carbocycles. The summed E-state index contributed by atoms with van der Waals surface area (Å²) in [5, 5.41) is 4.13. The van der Waals surface area contributed by atoms with Crippen LogP contribution in [-0.2, 0) is 11.2 Å². The molecule has 5 rings (SSSR count). The molecule has 2 N–H and O–H groups in total. The number of nitrogens with zero attached hydrogens (tertiary/aromatic N) is 4. The van der Waals surface area contributed by atoms with Gasteiger partial charge in [0.25, 0.3) is 11.8 Å². The zero-order valence-electron chi connectivity index (χ0n) is 26.1. The smallest absolute Gasteiger partial charge is 0.277 e. The van der Waals surface area contributed by atoms with Crippen LogP contribution >= 0.6 is 0 Å². The number of benzene rings is 2. The van der Waals surface area contributed by atoms with E-state index in [1.165, 1.54) is 19.2 Å². The molecule has 3 amide bonds. The number of ether oxygens (including phenoxy) is 1. The second-order valence-electron chi connectivity index (χ2n) is 7.55. The maximum absolute atomic E-state index is 14.0. The van der Waals surface area contributed by atoms with Crippen molar-refractivity contribution in [3.63, 3.8) is 0 Å². The standard InChI is InChI=1S/C25H25N5O4/c1-34-19-11-9-18(10-12-19)30-23-20(22(27-30)24(26)32)13-15-29(25(23)33)17-7-5-16(6-8-17)28-14-3-2-4-21(28)31/h5-12H,2-4,13-15H2,1H3,(H2,26,32)/i4D2,5D,6D,7D,8D,13D2. The number of hydrogen-bond acceptors (Lipinski definition) is 5. The first kappa shape index (κ1) is 14.2. The van der Waals surface area contributed by atoms with Gasteiger partial charge in [0.1, 0.15) is 11.4 Å². The number of piperidine rings is 1. The third-order valence-corrected chi connectivity index (χ3v) is 5.52. The Morgan fingerprint density at radius 1 is 1.00 bits per heavy atom. The summed E-state index contributed by atoms with van der Waals surface area (Å²) in [6.45, 7) is -0.825. The fourth-order valence-corrected chi connectivity index (χ4v) is 3.82. The van der Waals surface area contributed by atoms with Gasteiger partial charge >= 0.3 is 0 Å². The van der Waals surface area contributed by atoms with E-state index >= 15 is 0 Å². The van der Waals surface area contributed by atoms with Crippen molar-refractivity contribution in [1.29, 1.82) is 0 Å². The Balaban J connectivity index is 1.69. The number of carbonyl (C=O) groups excluding carboxylic acids is 3. The third-order valence-electron chi connectivity index (χ3n) is 5.52. The molecular weight excluding hydrogens is 434 g/mol. The fraction of sp³-hybridized carbons (Fsp3) is 0.280. The topological polar surface area (TPSA) is 111 Å². The van der Waals surface area contributed by atoms with Gasteiger partial charge in [0.05, 0.1) is 18.3 Å². The van der Waals surface area contributed by atoms with Crippen LogP contribution in [0.3, 0.4) is 0 Å². The number of anilines is 2. The van der Waals surface area contributed by atoms with E-state index in [0.29, 0.717) is 5.75 Å². The molecule has 9 nitrogen and oxygen atoms in total. The molecule has 1 aromatic heterocycles. The first-order valence-electron chi connectivity index (χ1n) is 14.4. The minimum absolute atomic E-state index is 0.0280. The molecular formula is C25H25N5O4. The van der Waals surface area contributed by atoms with Crippen molar-refractivity contribution in [2.45, 2.75) is 25.6 Å². The molecule has 0 atom stereocenters. The molecule has 0 radical (unpaired) electrons. The quantitative estimate of drug-likeness (QED) is 0.620. The molecule has 1 fully saturated rings. The minimum Gasteiger partial charge on any atom is -0.497 e. The number of primary amides is 1. The van der Waals surface area contributed by atoms with Crippen molar-refractivity contribution in [3.05, 3.63) is 65.4 Å². The van der Waals surface area contributed by atoms with Gasteiger partial charge in [-0.3, -0.25) is 14.4 Å². The lowest BCUT2D eigenvalue weighted by molar-refractivity contribution is -0.119. The molecule has 0 spiro atoms. The minimum atomic E-state index is -2.47. The molecule has 1 saturated heterocycles. The Kier molecular flexibility index (Phi) is 3.62. The molecule has 0 bridgehead atoms. The van der Waals surface area contributed by atoms with Gasteiger partial charge in [-0.25, -0.2) is 4.68 Å². The largest absolute Gasteiger partial charge is 0.497 e. The van der Waals surface area contributed by atoms with Crippen LogP contribution in [0, 0.1) is 0 Å². The van der Waals surface area contributed by atoms with Crippen LogP contribution in [0.15, 0.2) is 48.4 Å². The van der Waals surface area contributed by atoms with Crippen LogP contribution in [0.4, 0.5) is 11.4 Å². The van der Waals surface area contributed by atoms with Gasteiger partial charge in [-0.1, -0.05) is 0 Å². The van der Waals surface area contributed by atoms with Crippen LogP contribution in [0.1, 0.15) is 56.7 Å². The molecule has 2 aliphatic rings. The molecule has 3 aromatic rings. The number of carbonyl (C=O) groups is 3. The van der Waals surface area contributed by atoms with E-state index in [1.807, 2.05) is 0 Å². The molecule has 9 heteroatoms. The predicted molar refractivity (Wildman–Crippen MR) is 127 cm³/mol. The fourth-order valence-electron chi connectivity index (χ4n) is 3.82. The number of nitrogens with two attached hydrogens (primary N) is 1. The van der Waals surface area contributed by atoms with E-state index in [4.69, 9.17) is 21.4 Å². The van der Waals surface area contributed by atoms with E-state index in [-0.39, 0.29) is 30.6 Å².